The van der Waals surface area contributed by atoms with Crippen molar-refractivity contribution in [2.24, 2.45) is 0 Å². The smallest absolute Gasteiger partial charge is 0.168 e. The van der Waals surface area contributed by atoms with E-state index in [2.05, 4.69) is 35.2 Å². The Morgan fingerprint density at radius 3 is 1.79 bits per heavy atom. The number of hydrogen-bond donors (Lipinski definition) is 0. The standard InChI is InChI=1S/C22H28N2O4/c1-23-12-18-14-6-8-15(24(18)13-23)9-11-17-21(27-4)19(25-2)16(10-7-14)20(26-3)22(17)28-5/h6,8,12H,7,9-11,13H2,1-5H3. The van der Waals surface area contributed by atoms with Crippen molar-refractivity contribution in [3.63, 3.8) is 0 Å². The van der Waals surface area contributed by atoms with E-state index in [1.165, 1.54) is 17.0 Å². The van der Waals surface area contributed by atoms with Crippen LogP contribution in [0.4, 0.5) is 0 Å². The average molecular weight is 384 g/mol. The molecule has 0 fully saturated rings. The minimum Gasteiger partial charge on any atom is -0.492 e. The number of ether oxygens (including phenoxy) is 4. The number of rotatable bonds is 4. The second kappa shape index (κ2) is 7.34. The molecule has 1 aromatic carbocycles. The second-order valence-corrected chi connectivity index (χ2v) is 7.28. The van der Waals surface area contributed by atoms with E-state index in [0.717, 1.165) is 66.5 Å². The van der Waals surface area contributed by atoms with Crippen molar-refractivity contribution >= 4 is 0 Å². The van der Waals surface area contributed by atoms with Gasteiger partial charge in [0.1, 0.15) is 0 Å². The van der Waals surface area contributed by atoms with Gasteiger partial charge in [0.25, 0.3) is 0 Å². The Morgan fingerprint density at radius 2 is 1.25 bits per heavy atom. The van der Waals surface area contributed by atoms with Gasteiger partial charge in [0.15, 0.2) is 23.0 Å². The Balaban J connectivity index is 1.90. The summed E-state index contributed by atoms with van der Waals surface area (Å²) in [6, 6.07) is 0. The van der Waals surface area contributed by atoms with E-state index in [1.54, 1.807) is 28.4 Å². The molecular weight excluding hydrogens is 356 g/mol. The van der Waals surface area contributed by atoms with Crippen LogP contribution in [0.15, 0.2) is 35.3 Å². The van der Waals surface area contributed by atoms with Gasteiger partial charge in [-0.3, -0.25) is 0 Å². The number of nitrogens with zero attached hydrogens (tertiary/aromatic N) is 2. The van der Waals surface area contributed by atoms with Crippen molar-refractivity contribution in [1.29, 1.82) is 0 Å². The molecule has 0 aromatic heterocycles. The predicted molar refractivity (Wildman–Crippen MR) is 108 cm³/mol. The molecule has 4 heterocycles. The second-order valence-electron chi connectivity index (χ2n) is 7.28. The van der Waals surface area contributed by atoms with E-state index in [-0.39, 0.29) is 0 Å². The molecular formula is C22H28N2O4. The van der Waals surface area contributed by atoms with Crippen LogP contribution in [0.2, 0.25) is 0 Å². The van der Waals surface area contributed by atoms with Crippen LogP contribution < -0.4 is 18.9 Å². The van der Waals surface area contributed by atoms with Crippen molar-refractivity contribution in [3.05, 3.63) is 46.4 Å². The lowest BCUT2D eigenvalue weighted by molar-refractivity contribution is 0.311. The van der Waals surface area contributed by atoms with Gasteiger partial charge in [-0.2, -0.15) is 0 Å². The van der Waals surface area contributed by atoms with Crippen molar-refractivity contribution in [2.45, 2.75) is 25.7 Å². The van der Waals surface area contributed by atoms with Gasteiger partial charge in [0, 0.05) is 30.1 Å². The molecule has 4 aliphatic heterocycles. The zero-order valence-electron chi connectivity index (χ0n) is 17.3. The van der Waals surface area contributed by atoms with Gasteiger partial charge >= 0.3 is 0 Å². The fourth-order valence-electron chi connectivity index (χ4n) is 4.51. The molecule has 6 aliphatic rings. The van der Waals surface area contributed by atoms with Gasteiger partial charge < -0.3 is 28.7 Å². The first-order chi connectivity index (χ1) is 13.6. The van der Waals surface area contributed by atoms with E-state index < -0.39 is 0 Å². The summed E-state index contributed by atoms with van der Waals surface area (Å²) in [5.74, 6) is 2.98. The highest BCUT2D eigenvalue weighted by atomic mass is 16.5. The number of benzene rings is 1. The Kier molecular flexibility index (Phi) is 4.87. The fourth-order valence-corrected chi connectivity index (χ4v) is 4.51. The summed E-state index contributed by atoms with van der Waals surface area (Å²) in [4.78, 5) is 4.65. The molecule has 6 nitrogen and oxygen atoms in total. The molecule has 0 spiro atoms. The molecule has 4 bridgehead atoms. The van der Waals surface area contributed by atoms with Crippen molar-refractivity contribution in [1.82, 2.24) is 9.80 Å². The summed E-state index contributed by atoms with van der Waals surface area (Å²) in [7, 11) is 8.87. The molecule has 0 unspecified atom stereocenters. The lowest BCUT2D eigenvalue weighted by atomic mass is 9.92. The quantitative estimate of drug-likeness (QED) is 0.792. The van der Waals surface area contributed by atoms with Crippen LogP contribution in [-0.4, -0.2) is 52.0 Å². The lowest BCUT2D eigenvalue weighted by Crippen LogP contribution is -2.27. The van der Waals surface area contributed by atoms with Gasteiger partial charge in [-0.05, 0) is 37.3 Å². The maximum absolute atomic E-state index is 5.80. The molecule has 150 valence electrons. The summed E-state index contributed by atoms with van der Waals surface area (Å²) < 4.78 is 23.2. The van der Waals surface area contributed by atoms with Crippen LogP contribution in [-0.2, 0) is 12.8 Å². The monoisotopic (exact) mass is 384 g/mol. The van der Waals surface area contributed by atoms with Crippen LogP contribution in [0.1, 0.15) is 24.0 Å². The molecule has 2 aliphatic carbocycles. The normalized spacial score (nSPS) is 18.0. The molecule has 1 aromatic rings. The number of hydrogen-bond acceptors (Lipinski definition) is 6. The third-order valence-electron chi connectivity index (χ3n) is 5.75. The van der Waals surface area contributed by atoms with E-state index >= 15 is 0 Å². The minimum atomic E-state index is 0.746. The van der Waals surface area contributed by atoms with E-state index in [1.807, 2.05) is 0 Å². The highest BCUT2D eigenvalue weighted by molar-refractivity contribution is 5.67. The molecule has 6 heteroatoms. The minimum absolute atomic E-state index is 0.746. The maximum Gasteiger partial charge on any atom is 0.168 e. The van der Waals surface area contributed by atoms with Gasteiger partial charge in [0.05, 0.1) is 40.8 Å². The molecule has 0 N–H and O–H groups in total. The summed E-state index contributed by atoms with van der Waals surface area (Å²) in [5.41, 5.74) is 5.88. The third-order valence-corrected chi connectivity index (χ3v) is 5.75. The number of methoxy groups -OCH3 is 4. The molecule has 28 heavy (non-hydrogen) atoms. The van der Waals surface area contributed by atoms with Gasteiger partial charge in [-0.15, -0.1) is 0 Å². The predicted octanol–water partition coefficient (Wildman–Crippen LogP) is 3.47. The lowest BCUT2D eigenvalue weighted by Gasteiger charge is -2.31. The first kappa shape index (κ1) is 18.6. The first-order valence-corrected chi connectivity index (χ1v) is 9.60. The largest absolute Gasteiger partial charge is 0.492 e. The topological polar surface area (TPSA) is 43.4 Å². The van der Waals surface area contributed by atoms with Crippen molar-refractivity contribution < 1.29 is 18.9 Å². The Labute approximate surface area is 166 Å². The zero-order chi connectivity index (χ0) is 19.8. The molecule has 0 radical (unpaired) electrons. The summed E-state index contributed by atoms with van der Waals surface area (Å²) in [6.45, 7) is 0.886. The third kappa shape index (κ3) is 2.79. The Morgan fingerprint density at radius 1 is 0.714 bits per heavy atom. The van der Waals surface area contributed by atoms with Crippen LogP contribution >= 0.6 is 0 Å². The molecule has 0 amide bonds. The van der Waals surface area contributed by atoms with E-state index in [4.69, 9.17) is 18.9 Å². The molecule has 0 saturated heterocycles. The highest BCUT2D eigenvalue weighted by Crippen LogP contribution is 2.51. The van der Waals surface area contributed by atoms with Gasteiger partial charge in [-0.1, -0.05) is 6.08 Å². The van der Waals surface area contributed by atoms with Crippen molar-refractivity contribution in [2.75, 3.05) is 42.2 Å². The van der Waals surface area contributed by atoms with Crippen LogP contribution in [0.3, 0.4) is 0 Å². The van der Waals surface area contributed by atoms with Crippen LogP contribution in [0.5, 0.6) is 23.0 Å². The summed E-state index contributed by atoms with van der Waals surface area (Å²) in [5, 5.41) is 0. The Bertz CT molecular complexity index is 852. The van der Waals surface area contributed by atoms with E-state index in [0.29, 0.717) is 0 Å². The highest BCUT2D eigenvalue weighted by Gasteiger charge is 2.32. The molecule has 0 atom stereocenters. The molecule has 7 rings (SSSR count). The first-order valence-electron chi connectivity index (χ1n) is 9.60. The van der Waals surface area contributed by atoms with E-state index in [9.17, 15) is 0 Å². The van der Waals surface area contributed by atoms with Crippen LogP contribution in [0.25, 0.3) is 0 Å². The zero-order valence-corrected chi connectivity index (χ0v) is 17.3. The Hall–Kier alpha value is -2.76. The fraction of sp³-hybridized carbons (Fsp3) is 0.455. The SMILES string of the molecule is COc1c2c(OC)c(OC)c(c1OC)CCC1=CC=C(CC2)C2=CN(C)CN12. The summed E-state index contributed by atoms with van der Waals surface area (Å²) >= 11 is 0. The molecule has 0 saturated carbocycles. The van der Waals surface area contributed by atoms with Gasteiger partial charge in [0.2, 0.25) is 0 Å². The summed E-state index contributed by atoms with van der Waals surface area (Å²) in [6.07, 6.45) is 10.0. The van der Waals surface area contributed by atoms with Crippen LogP contribution in [0, 0.1) is 0 Å². The van der Waals surface area contributed by atoms with Gasteiger partial charge in [-0.25, -0.2) is 0 Å². The van der Waals surface area contributed by atoms with Crippen molar-refractivity contribution in [3.8, 4) is 23.0 Å². The number of allylic oxidation sites excluding steroid dienone is 4. The maximum atomic E-state index is 5.80. The average Bonchev–Trinajstić information content (AvgIpc) is 3.09.